The Morgan fingerprint density at radius 2 is 2.38 bits per heavy atom. The number of ether oxygens (including phenoxy) is 1. The van der Waals surface area contributed by atoms with Gasteiger partial charge in [0.15, 0.2) is 0 Å². The highest BCUT2D eigenvalue weighted by Gasteiger charge is 2.07. The van der Waals surface area contributed by atoms with Crippen molar-refractivity contribution in [2.75, 3.05) is 13.7 Å². The highest BCUT2D eigenvalue weighted by atomic mass is 16.5. The van der Waals surface area contributed by atoms with Crippen LogP contribution >= 0.6 is 0 Å². The molecule has 0 spiro atoms. The molecule has 1 aromatic rings. The van der Waals surface area contributed by atoms with Crippen LogP contribution in [-0.2, 0) is 0 Å². The minimum atomic E-state index is -0.549. The van der Waals surface area contributed by atoms with Gasteiger partial charge in [-0.1, -0.05) is 0 Å². The van der Waals surface area contributed by atoms with Gasteiger partial charge in [-0.3, -0.25) is 4.98 Å². The molecule has 1 heterocycles. The Hall–Kier alpha value is -1.13. The lowest BCUT2D eigenvalue weighted by atomic mass is 10.1. The first-order valence-corrected chi connectivity index (χ1v) is 4.15. The number of hydrogen-bond donors (Lipinski definition) is 2. The number of methoxy groups -OCH3 is 1. The van der Waals surface area contributed by atoms with E-state index < -0.39 is 6.10 Å². The minimum absolute atomic E-state index is 0.457. The summed E-state index contributed by atoms with van der Waals surface area (Å²) in [6.45, 7) is 0.457. The first-order valence-electron chi connectivity index (χ1n) is 4.15. The average molecular weight is 182 g/mol. The highest BCUT2D eigenvalue weighted by Crippen LogP contribution is 2.19. The summed E-state index contributed by atoms with van der Waals surface area (Å²) in [5.41, 5.74) is 6.07. The number of pyridine rings is 1. The van der Waals surface area contributed by atoms with Crippen LogP contribution in [0.25, 0.3) is 0 Å². The summed E-state index contributed by atoms with van der Waals surface area (Å²) in [6.07, 6.45) is 3.20. The summed E-state index contributed by atoms with van der Waals surface area (Å²) in [6, 6.07) is 1.76. The van der Waals surface area contributed by atoms with E-state index >= 15 is 0 Å². The van der Waals surface area contributed by atoms with Crippen LogP contribution < -0.4 is 10.5 Å². The third-order valence-electron chi connectivity index (χ3n) is 1.79. The van der Waals surface area contributed by atoms with Crippen LogP contribution in [0.5, 0.6) is 5.75 Å². The van der Waals surface area contributed by atoms with Crippen LogP contribution in [0.15, 0.2) is 18.5 Å². The largest absolute Gasteiger partial charge is 0.495 e. The molecule has 0 unspecified atom stereocenters. The summed E-state index contributed by atoms with van der Waals surface area (Å²) in [5, 5.41) is 9.56. The molecule has 0 aromatic carbocycles. The predicted octanol–water partition coefficient (Wildman–Crippen LogP) is 0.472. The van der Waals surface area contributed by atoms with Crippen LogP contribution in [0, 0.1) is 0 Å². The molecule has 0 saturated heterocycles. The van der Waals surface area contributed by atoms with E-state index in [0.29, 0.717) is 18.7 Å². The van der Waals surface area contributed by atoms with E-state index in [0.717, 1.165) is 5.56 Å². The Morgan fingerprint density at radius 1 is 1.62 bits per heavy atom. The topological polar surface area (TPSA) is 68.4 Å². The van der Waals surface area contributed by atoms with Crippen molar-refractivity contribution in [1.29, 1.82) is 0 Å². The predicted molar refractivity (Wildman–Crippen MR) is 49.4 cm³/mol. The van der Waals surface area contributed by atoms with E-state index in [2.05, 4.69) is 4.98 Å². The van der Waals surface area contributed by atoms with Crippen molar-refractivity contribution < 1.29 is 9.84 Å². The number of hydrogen-bond acceptors (Lipinski definition) is 4. The first kappa shape index (κ1) is 9.95. The third kappa shape index (κ3) is 2.68. The normalized spacial score (nSPS) is 12.5. The summed E-state index contributed by atoms with van der Waals surface area (Å²) >= 11 is 0. The Balaban J connectivity index is 2.75. The lowest BCUT2D eigenvalue weighted by Crippen LogP contribution is -2.07. The molecule has 1 aromatic heterocycles. The molecular weight excluding hydrogens is 168 g/mol. The molecule has 1 atom stereocenters. The smallest absolute Gasteiger partial charge is 0.137 e. The molecule has 3 N–H and O–H groups in total. The Bertz CT molecular complexity index is 266. The molecule has 4 heteroatoms. The van der Waals surface area contributed by atoms with E-state index in [1.165, 1.54) is 0 Å². The molecule has 72 valence electrons. The Kier molecular flexibility index (Phi) is 3.67. The van der Waals surface area contributed by atoms with Gasteiger partial charge in [0.05, 0.1) is 19.4 Å². The second kappa shape index (κ2) is 4.79. The molecule has 4 nitrogen and oxygen atoms in total. The number of rotatable bonds is 4. The van der Waals surface area contributed by atoms with Crippen molar-refractivity contribution in [3.8, 4) is 5.75 Å². The molecular formula is C9H14N2O2. The van der Waals surface area contributed by atoms with Crippen molar-refractivity contribution in [2.45, 2.75) is 12.5 Å². The molecule has 0 radical (unpaired) electrons. The molecule has 0 saturated carbocycles. The molecule has 0 fully saturated rings. The van der Waals surface area contributed by atoms with Crippen molar-refractivity contribution in [3.05, 3.63) is 24.0 Å². The molecule has 1 rings (SSSR count). The van der Waals surface area contributed by atoms with E-state index in [-0.39, 0.29) is 0 Å². The fourth-order valence-electron chi connectivity index (χ4n) is 1.05. The molecule has 0 aliphatic rings. The van der Waals surface area contributed by atoms with Gasteiger partial charge >= 0.3 is 0 Å². The average Bonchev–Trinajstić information content (AvgIpc) is 2.18. The molecule has 13 heavy (non-hydrogen) atoms. The molecule has 0 amide bonds. The van der Waals surface area contributed by atoms with Crippen LogP contribution in [0.2, 0.25) is 0 Å². The van der Waals surface area contributed by atoms with Gasteiger partial charge in [0, 0.05) is 11.8 Å². The highest BCUT2D eigenvalue weighted by molar-refractivity contribution is 5.24. The zero-order chi connectivity index (χ0) is 9.68. The minimum Gasteiger partial charge on any atom is -0.495 e. The standard InChI is InChI=1S/C9H14N2O2/c1-13-8-4-7(5-11-6-8)9(12)2-3-10/h4-6,9,12H,2-3,10H2,1H3/t9-/m1/s1. The first-order chi connectivity index (χ1) is 6.27. The maximum atomic E-state index is 9.56. The summed E-state index contributed by atoms with van der Waals surface area (Å²) in [4.78, 5) is 3.93. The number of nitrogens with two attached hydrogens (primary N) is 1. The number of aliphatic hydroxyl groups is 1. The van der Waals surface area contributed by atoms with E-state index in [4.69, 9.17) is 10.5 Å². The lowest BCUT2D eigenvalue weighted by Gasteiger charge is -2.09. The SMILES string of the molecule is COc1cncc([C@H](O)CCN)c1. The van der Waals surface area contributed by atoms with Gasteiger partial charge in [-0.25, -0.2) is 0 Å². The van der Waals surface area contributed by atoms with Crippen LogP contribution in [0.4, 0.5) is 0 Å². The molecule has 0 aliphatic heterocycles. The van der Waals surface area contributed by atoms with Crippen LogP contribution in [-0.4, -0.2) is 23.7 Å². The second-order valence-corrected chi connectivity index (χ2v) is 2.75. The summed E-state index contributed by atoms with van der Waals surface area (Å²) in [7, 11) is 1.57. The van der Waals surface area contributed by atoms with Crippen molar-refractivity contribution in [2.24, 2.45) is 5.73 Å². The second-order valence-electron chi connectivity index (χ2n) is 2.75. The summed E-state index contributed by atoms with van der Waals surface area (Å²) in [5.74, 6) is 0.647. The third-order valence-corrected chi connectivity index (χ3v) is 1.79. The molecule has 0 aliphatic carbocycles. The number of nitrogens with zero attached hydrogens (tertiary/aromatic N) is 1. The van der Waals surface area contributed by atoms with Gasteiger partial charge in [0.25, 0.3) is 0 Å². The fraction of sp³-hybridized carbons (Fsp3) is 0.444. The Morgan fingerprint density at radius 3 is 3.00 bits per heavy atom. The van der Waals surface area contributed by atoms with Crippen LogP contribution in [0.3, 0.4) is 0 Å². The van der Waals surface area contributed by atoms with E-state index in [1.807, 2.05) is 0 Å². The monoisotopic (exact) mass is 182 g/mol. The van der Waals surface area contributed by atoms with Gasteiger partial charge in [-0.15, -0.1) is 0 Å². The quantitative estimate of drug-likeness (QED) is 0.710. The van der Waals surface area contributed by atoms with Gasteiger partial charge in [-0.2, -0.15) is 0 Å². The van der Waals surface area contributed by atoms with E-state index in [1.54, 1.807) is 25.6 Å². The van der Waals surface area contributed by atoms with Gasteiger partial charge in [0.2, 0.25) is 0 Å². The zero-order valence-electron chi connectivity index (χ0n) is 7.60. The van der Waals surface area contributed by atoms with Gasteiger partial charge < -0.3 is 15.6 Å². The van der Waals surface area contributed by atoms with Crippen LogP contribution in [0.1, 0.15) is 18.1 Å². The fourth-order valence-corrected chi connectivity index (χ4v) is 1.05. The Labute approximate surface area is 77.4 Å². The van der Waals surface area contributed by atoms with Gasteiger partial charge in [-0.05, 0) is 19.0 Å². The lowest BCUT2D eigenvalue weighted by molar-refractivity contribution is 0.169. The summed E-state index contributed by atoms with van der Waals surface area (Å²) < 4.78 is 4.98. The van der Waals surface area contributed by atoms with E-state index in [9.17, 15) is 5.11 Å². The van der Waals surface area contributed by atoms with Crippen molar-refractivity contribution in [1.82, 2.24) is 4.98 Å². The molecule has 0 bridgehead atoms. The van der Waals surface area contributed by atoms with Crippen molar-refractivity contribution >= 4 is 0 Å². The number of aromatic nitrogens is 1. The maximum Gasteiger partial charge on any atom is 0.137 e. The van der Waals surface area contributed by atoms with Crippen molar-refractivity contribution in [3.63, 3.8) is 0 Å². The maximum absolute atomic E-state index is 9.56. The van der Waals surface area contributed by atoms with Gasteiger partial charge in [0.1, 0.15) is 5.75 Å². The zero-order valence-corrected chi connectivity index (χ0v) is 7.60. The number of aliphatic hydroxyl groups excluding tert-OH is 1.